The van der Waals surface area contributed by atoms with E-state index in [2.05, 4.69) is 13.8 Å². The minimum atomic E-state index is -0.796. The summed E-state index contributed by atoms with van der Waals surface area (Å²) in [7, 11) is 0. The van der Waals surface area contributed by atoms with Crippen molar-refractivity contribution in [3.8, 4) is 0 Å². The molecule has 5 rings (SSSR count). The van der Waals surface area contributed by atoms with Gasteiger partial charge in [0.25, 0.3) is 0 Å². The molecule has 7 unspecified atom stereocenters. The molecule has 4 saturated heterocycles. The number of ether oxygens (including phenoxy) is 2. The van der Waals surface area contributed by atoms with E-state index < -0.39 is 17.7 Å². The Labute approximate surface area is 131 Å². The van der Waals surface area contributed by atoms with Crippen molar-refractivity contribution in [1.29, 1.82) is 0 Å². The van der Waals surface area contributed by atoms with E-state index in [1.54, 1.807) is 0 Å². The highest BCUT2D eigenvalue weighted by Gasteiger charge is 2.70. The first-order valence-corrected chi connectivity index (χ1v) is 8.75. The molecular weight excluding hydrogens is 284 g/mol. The van der Waals surface area contributed by atoms with Crippen LogP contribution in [-0.4, -0.2) is 23.6 Å². The highest BCUT2D eigenvalue weighted by molar-refractivity contribution is 5.74. The molecule has 0 aromatic rings. The molecule has 5 nitrogen and oxygen atoms in total. The summed E-state index contributed by atoms with van der Waals surface area (Å²) in [5.41, 5.74) is -0.610. The molecule has 0 aromatic heterocycles. The number of carbonyl (C=O) groups is 1. The monoisotopic (exact) mass is 310 g/mol. The molecule has 5 aliphatic rings. The largest absolute Gasteiger partial charge is 0.432 e. The fourth-order valence-corrected chi connectivity index (χ4v) is 5.25. The normalized spacial score (nSPS) is 53.6. The summed E-state index contributed by atoms with van der Waals surface area (Å²) < 4.78 is 11.8. The zero-order valence-electron chi connectivity index (χ0n) is 13.7. The summed E-state index contributed by atoms with van der Waals surface area (Å²) in [6, 6.07) is 0. The molecule has 7 atom stereocenters. The second kappa shape index (κ2) is 4.92. The van der Waals surface area contributed by atoms with Gasteiger partial charge in [0.05, 0.1) is 5.92 Å². The first-order valence-electron chi connectivity index (χ1n) is 8.75. The lowest BCUT2D eigenvalue weighted by Gasteiger charge is -2.58. The van der Waals surface area contributed by atoms with Crippen LogP contribution in [0, 0.1) is 23.7 Å². The van der Waals surface area contributed by atoms with Crippen molar-refractivity contribution in [3.05, 3.63) is 0 Å². The van der Waals surface area contributed by atoms with Gasteiger partial charge in [-0.3, -0.25) is 4.79 Å². The molecule has 5 fully saturated rings. The third-order valence-corrected chi connectivity index (χ3v) is 6.39. The molecule has 0 amide bonds. The molecule has 124 valence electrons. The van der Waals surface area contributed by atoms with Crippen LogP contribution < -0.4 is 0 Å². The predicted octanol–water partition coefficient (Wildman–Crippen LogP) is 3.18. The Bertz CT molecular complexity index is 480. The molecule has 0 aromatic carbocycles. The lowest BCUT2D eigenvalue weighted by Crippen LogP contribution is -2.70. The van der Waals surface area contributed by atoms with Gasteiger partial charge in [-0.05, 0) is 38.5 Å². The Hall–Kier alpha value is -0.650. The average Bonchev–Trinajstić information content (AvgIpc) is 2.70. The van der Waals surface area contributed by atoms with Crippen molar-refractivity contribution in [2.24, 2.45) is 23.7 Å². The van der Waals surface area contributed by atoms with Crippen LogP contribution in [-0.2, 0) is 24.0 Å². The Morgan fingerprint density at radius 1 is 1.18 bits per heavy atom. The van der Waals surface area contributed by atoms with Gasteiger partial charge in [0.15, 0.2) is 5.60 Å². The van der Waals surface area contributed by atoms with E-state index in [-0.39, 0.29) is 17.8 Å². The van der Waals surface area contributed by atoms with Crippen molar-refractivity contribution in [2.45, 2.75) is 77.0 Å². The maximum absolute atomic E-state index is 12.5. The zero-order chi connectivity index (χ0) is 15.5. The maximum atomic E-state index is 12.5. The van der Waals surface area contributed by atoms with Crippen molar-refractivity contribution in [3.63, 3.8) is 0 Å². The molecule has 2 bridgehead atoms. The van der Waals surface area contributed by atoms with E-state index in [4.69, 9.17) is 19.2 Å². The van der Waals surface area contributed by atoms with Gasteiger partial charge in [-0.1, -0.05) is 20.3 Å². The van der Waals surface area contributed by atoms with Crippen molar-refractivity contribution in [1.82, 2.24) is 0 Å². The number of hydrogen-bond acceptors (Lipinski definition) is 5. The third kappa shape index (κ3) is 1.85. The van der Waals surface area contributed by atoms with Crippen molar-refractivity contribution >= 4 is 5.97 Å². The molecule has 0 radical (unpaired) electrons. The smallest absolute Gasteiger partial charge is 0.311 e. The molecular formula is C17H26O5. The first kappa shape index (κ1) is 14.9. The SMILES string of the molecule is CCCC1C(=O)OC2OC3(C)CCC4C(C)CCC1C24OO3. The van der Waals surface area contributed by atoms with Gasteiger partial charge in [0.2, 0.25) is 12.1 Å². The Kier molecular flexibility index (Phi) is 3.34. The van der Waals surface area contributed by atoms with Crippen LogP contribution in [0.25, 0.3) is 0 Å². The second-order valence-corrected chi connectivity index (χ2v) is 7.74. The van der Waals surface area contributed by atoms with Gasteiger partial charge in [0.1, 0.15) is 0 Å². The summed E-state index contributed by atoms with van der Waals surface area (Å²) in [4.78, 5) is 24.3. The standard InChI is InChI=1S/C17H26O5/c1-4-5-11-13-7-6-10(2)12-8-9-16(3)20-15(19-14(11)18)17(12,13)22-21-16/h10-13,15H,4-9H2,1-3H3. The third-order valence-electron chi connectivity index (χ3n) is 6.39. The van der Waals surface area contributed by atoms with Crippen molar-refractivity contribution in [2.75, 3.05) is 0 Å². The average molecular weight is 310 g/mol. The summed E-state index contributed by atoms with van der Waals surface area (Å²) in [5.74, 6) is -0.00225. The fraction of sp³-hybridized carbons (Fsp3) is 0.941. The lowest BCUT2D eigenvalue weighted by atomic mass is 9.57. The van der Waals surface area contributed by atoms with Crippen LogP contribution >= 0.6 is 0 Å². The van der Waals surface area contributed by atoms with E-state index in [0.717, 1.165) is 38.5 Å². The second-order valence-electron chi connectivity index (χ2n) is 7.74. The summed E-state index contributed by atoms with van der Waals surface area (Å²) in [6.07, 6.45) is 5.10. The molecule has 1 spiro atoms. The Morgan fingerprint density at radius 2 is 2.00 bits per heavy atom. The summed E-state index contributed by atoms with van der Waals surface area (Å²) in [5, 5.41) is 0. The molecule has 4 heterocycles. The maximum Gasteiger partial charge on any atom is 0.311 e. The molecule has 4 aliphatic heterocycles. The van der Waals surface area contributed by atoms with E-state index >= 15 is 0 Å². The zero-order valence-corrected chi connectivity index (χ0v) is 13.7. The Balaban J connectivity index is 1.79. The van der Waals surface area contributed by atoms with Gasteiger partial charge in [-0.25, -0.2) is 9.78 Å². The molecule has 1 saturated carbocycles. The summed E-state index contributed by atoms with van der Waals surface area (Å²) in [6.45, 7) is 6.27. The number of rotatable bonds is 2. The number of carbonyl (C=O) groups excluding carboxylic acids is 1. The topological polar surface area (TPSA) is 54.0 Å². The molecule has 1 aliphatic carbocycles. The van der Waals surface area contributed by atoms with Gasteiger partial charge < -0.3 is 9.47 Å². The highest BCUT2D eigenvalue weighted by atomic mass is 17.3. The van der Waals surface area contributed by atoms with Crippen LogP contribution in [0.5, 0.6) is 0 Å². The number of fused-ring (bicyclic) bond motifs is 2. The molecule has 22 heavy (non-hydrogen) atoms. The van der Waals surface area contributed by atoms with Gasteiger partial charge in [-0.2, -0.15) is 0 Å². The van der Waals surface area contributed by atoms with Gasteiger partial charge in [-0.15, -0.1) is 0 Å². The van der Waals surface area contributed by atoms with Gasteiger partial charge in [0, 0.05) is 18.3 Å². The van der Waals surface area contributed by atoms with E-state index in [0.29, 0.717) is 11.8 Å². The van der Waals surface area contributed by atoms with E-state index in [9.17, 15) is 4.79 Å². The van der Waals surface area contributed by atoms with Crippen molar-refractivity contribution < 1.29 is 24.0 Å². The molecule has 5 heteroatoms. The van der Waals surface area contributed by atoms with Gasteiger partial charge >= 0.3 is 5.97 Å². The van der Waals surface area contributed by atoms with Crippen LogP contribution in [0.15, 0.2) is 0 Å². The molecule has 0 N–H and O–H groups in total. The predicted molar refractivity (Wildman–Crippen MR) is 77.3 cm³/mol. The fourth-order valence-electron chi connectivity index (χ4n) is 5.25. The lowest BCUT2D eigenvalue weighted by molar-refractivity contribution is -0.559. The van der Waals surface area contributed by atoms with Crippen LogP contribution in [0.2, 0.25) is 0 Å². The number of esters is 1. The minimum absolute atomic E-state index is 0.0918. The summed E-state index contributed by atoms with van der Waals surface area (Å²) >= 11 is 0. The minimum Gasteiger partial charge on any atom is -0.432 e. The van der Waals surface area contributed by atoms with E-state index in [1.165, 1.54) is 0 Å². The van der Waals surface area contributed by atoms with Crippen LogP contribution in [0.4, 0.5) is 0 Å². The number of hydrogen-bond donors (Lipinski definition) is 0. The Morgan fingerprint density at radius 3 is 2.77 bits per heavy atom. The highest BCUT2D eigenvalue weighted by Crippen LogP contribution is 2.60. The van der Waals surface area contributed by atoms with E-state index in [1.807, 2.05) is 6.92 Å². The van der Waals surface area contributed by atoms with Crippen LogP contribution in [0.1, 0.15) is 59.3 Å². The van der Waals surface area contributed by atoms with Crippen LogP contribution in [0.3, 0.4) is 0 Å². The quantitative estimate of drug-likeness (QED) is 0.579. The first-order chi connectivity index (χ1) is 10.5.